The van der Waals surface area contributed by atoms with E-state index >= 15 is 0 Å². The first-order valence-electron chi connectivity index (χ1n) is 6.31. The highest BCUT2D eigenvalue weighted by atomic mass is 16.5. The number of aliphatic carboxylic acids is 1. The monoisotopic (exact) mass is 263 g/mol. The minimum absolute atomic E-state index is 0.0371. The summed E-state index contributed by atoms with van der Waals surface area (Å²) in [6.07, 6.45) is 1.69. The quantitative estimate of drug-likeness (QED) is 0.732. The van der Waals surface area contributed by atoms with Gasteiger partial charge < -0.3 is 9.84 Å². The Kier molecular flexibility index (Phi) is 6.09. The summed E-state index contributed by atoms with van der Waals surface area (Å²) in [4.78, 5) is 12.7. The molecule has 1 rings (SSSR count). The molecule has 0 unspecified atom stereocenters. The molecule has 19 heavy (non-hydrogen) atoms. The lowest BCUT2D eigenvalue weighted by Crippen LogP contribution is -2.35. The fourth-order valence-corrected chi connectivity index (χ4v) is 1.72. The van der Waals surface area contributed by atoms with Crippen molar-refractivity contribution in [1.82, 2.24) is 4.90 Å². The first kappa shape index (κ1) is 15.2. The van der Waals surface area contributed by atoms with E-state index in [9.17, 15) is 4.79 Å². The summed E-state index contributed by atoms with van der Waals surface area (Å²) in [5, 5.41) is 8.90. The molecule has 0 aliphatic heterocycles. The van der Waals surface area contributed by atoms with Gasteiger partial charge in [0.25, 0.3) is 0 Å². The van der Waals surface area contributed by atoms with Crippen LogP contribution in [-0.2, 0) is 11.3 Å². The van der Waals surface area contributed by atoms with Crippen LogP contribution < -0.4 is 4.74 Å². The van der Waals surface area contributed by atoms with Crippen molar-refractivity contribution in [3.05, 3.63) is 42.5 Å². The van der Waals surface area contributed by atoms with Crippen LogP contribution in [0.15, 0.2) is 36.9 Å². The zero-order valence-corrected chi connectivity index (χ0v) is 11.5. The van der Waals surface area contributed by atoms with E-state index in [2.05, 4.69) is 6.58 Å². The molecule has 4 nitrogen and oxygen atoms in total. The molecule has 0 spiro atoms. The van der Waals surface area contributed by atoms with Crippen LogP contribution in [0.3, 0.4) is 0 Å². The number of hydrogen-bond acceptors (Lipinski definition) is 3. The van der Waals surface area contributed by atoms with Gasteiger partial charge in [-0.1, -0.05) is 24.8 Å². The summed E-state index contributed by atoms with van der Waals surface area (Å²) in [5.41, 5.74) is 1.04. The molecule has 0 heterocycles. The van der Waals surface area contributed by atoms with Gasteiger partial charge in [-0.2, -0.15) is 0 Å². The fraction of sp³-hybridized carbons (Fsp3) is 0.400. The molecule has 1 aromatic carbocycles. The third-order valence-corrected chi connectivity index (χ3v) is 2.72. The molecule has 0 aromatic heterocycles. The molecule has 0 saturated carbocycles. The van der Waals surface area contributed by atoms with Crippen molar-refractivity contribution in [3.63, 3.8) is 0 Å². The van der Waals surface area contributed by atoms with Crippen LogP contribution in [0.2, 0.25) is 0 Å². The van der Waals surface area contributed by atoms with E-state index in [1.54, 1.807) is 6.08 Å². The van der Waals surface area contributed by atoms with Gasteiger partial charge in [-0.15, -0.1) is 0 Å². The Bertz CT molecular complexity index is 429. The third kappa shape index (κ3) is 5.57. The predicted molar refractivity (Wildman–Crippen MR) is 75.3 cm³/mol. The van der Waals surface area contributed by atoms with Gasteiger partial charge in [-0.25, -0.2) is 0 Å². The first-order chi connectivity index (χ1) is 9.02. The summed E-state index contributed by atoms with van der Waals surface area (Å²) in [5.74, 6) is -0.0378. The minimum atomic E-state index is -0.812. The van der Waals surface area contributed by atoms with Crippen molar-refractivity contribution >= 4 is 5.97 Å². The Balaban J connectivity index is 2.72. The number of hydrogen-bond donors (Lipinski definition) is 1. The maximum absolute atomic E-state index is 10.8. The van der Waals surface area contributed by atoms with Crippen molar-refractivity contribution in [2.45, 2.75) is 26.4 Å². The van der Waals surface area contributed by atoms with E-state index in [1.807, 2.05) is 43.0 Å². The zero-order valence-electron chi connectivity index (χ0n) is 11.5. The predicted octanol–water partition coefficient (Wildman–Crippen LogP) is 2.55. The second-order valence-electron chi connectivity index (χ2n) is 4.64. The summed E-state index contributed by atoms with van der Waals surface area (Å²) in [7, 11) is 0. The van der Waals surface area contributed by atoms with Crippen molar-refractivity contribution in [2.24, 2.45) is 0 Å². The van der Waals surface area contributed by atoms with Gasteiger partial charge in [-0.05, 0) is 31.5 Å². The van der Waals surface area contributed by atoms with Crippen molar-refractivity contribution in [2.75, 3.05) is 13.2 Å². The molecule has 104 valence electrons. The number of rotatable bonds is 8. The van der Waals surface area contributed by atoms with E-state index in [1.165, 1.54) is 0 Å². The van der Waals surface area contributed by atoms with Gasteiger partial charge in [0, 0.05) is 12.6 Å². The van der Waals surface area contributed by atoms with Crippen molar-refractivity contribution in [1.29, 1.82) is 0 Å². The normalized spacial score (nSPS) is 10.7. The SMILES string of the molecule is C=CCOc1cccc(CN(CC(=O)O)C(C)C)c1. The average Bonchev–Trinajstić information content (AvgIpc) is 2.35. The molecule has 1 N–H and O–H groups in total. The topological polar surface area (TPSA) is 49.8 Å². The molecular formula is C15H21NO3. The van der Waals surface area contributed by atoms with Crippen LogP contribution in [0, 0.1) is 0 Å². The standard InChI is InChI=1S/C15H21NO3/c1-4-8-19-14-7-5-6-13(9-14)10-16(12(2)3)11-15(17)18/h4-7,9,12H,1,8,10-11H2,2-3H3,(H,17,18). The first-order valence-corrected chi connectivity index (χ1v) is 6.31. The van der Waals surface area contributed by atoms with E-state index in [0.29, 0.717) is 13.2 Å². The molecule has 0 amide bonds. The molecule has 0 radical (unpaired) electrons. The van der Waals surface area contributed by atoms with Gasteiger partial charge in [-0.3, -0.25) is 9.69 Å². The lowest BCUT2D eigenvalue weighted by molar-refractivity contribution is -0.138. The van der Waals surface area contributed by atoms with Crippen molar-refractivity contribution < 1.29 is 14.6 Å². The maximum Gasteiger partial charge on any atom is 0.317 e. The number of carboxylic acids is 1. The second kappa shape index (κ2) is 7.59. The Morgan fingerprint density at radius 1 is 1.53 bits per heavy atom. The van der Waals surface area contributed by atoms with Crippen LogP contribution in [0.25, 0.3) is 0 Å². The number of carboxylic acid groups (broad SMARTS) is 1. The molecule has 0 atom stereocenters. The Labute approximate surface area is 114 Å². The summed E-state index contributed by atoms with van der Waals surface area (Å²) < 4.78 is 5.47. The molecule has 1 aromatic rings. The van der Waals surface area contributed by atoms with Gasteiger partial charge >= 0.3 is 5.97 Å². The van der Waals surface area contributed by atoms with Crippen molar-refractivity contribution in [3.8, 4) is 5.75 Å². The van der Waals surface area contributed by atoms with Crippen LogP contribution in [0.5, 0.6) is 5.75 Å². The molecule has 0 aliphatic carbocycles. The summed E-state index contributed by atoms with van der Waals surface area (Å²) in [6.45, 7) is 8.67. The lowest BCUT2D eigenvalue weighted by atomic mass is 10.2. The van der Waals surface area contributed by atoms with Gasteiger partial charge in [0.05, 0.1) is 6.54 Å². The molecule has 0 bridgehead atoms. The molecule has 0 aliphatic rings. The Morgan fingerprint density at radius 2 is 2.26 bits per heavy atom. The van der Waals surface area contributed by atoms with Gasteiger partial charge in [0.15, 0.2) is 0 Å². The lowest BCUT2D eigenvalue weighted by Gasteiger charge is -2.24. The van der Waals surface area contributed by atoms with Gasteiger partial charge in [0.2, 0.25) is 0 Å². The summed E-state index contributed by atoms with van der Waals surface area (Å²) >= 11 is 0. The highest BCUT2D eigenvalue weighted by molar-refractivity contribution is 5.69. The summed E-state index contributed by atoms with van der Waals surface area (Å²) in [6, 6.07) is 7.87. The molecule has 0 fully saturated rings. The molecular weight excluding hydrogens is 242 g/mol. The number of carbonyl (C=O) groups is 1. The average molecular weight is 263 g/mol. The minimum Gasteiger partial charge on any atom is -0.490 e. The molecule has 4 heteroatoms. The smallest absolute Gasteiger partial charge is 0.317 e. The van der Waals surface area contributed by atoms with E-state index in [-0.39, 0.29) is 12.6 Å². The highest BCUT2D eigenvalue weighted by Crippen LogP contribution is 2.16. The highest BCUT2D eigenvalue weighted by Gasteiger charge is 2.13. The number of benzene rings is 1. The third-order valence-electron chi connectivity index (χ3n) is 2.72. The Morgan fingerprint density at radius 3 is 2.84 bits per heavy atom. The zero-order chi connectivity index (χ0) is 14.3. The number of ether oxygens (including phenoxy) is 1. The van der Waals surface area contributed by atoms with Gasteiger partial charge in [0.1, 0.15) is 12.4 Å². The van der Waals surface area contributed by atoms with Crippen LogP contribution in [0.4, 0.5) is 0 Å². The molecule has 0 saturated heterocycles. The van der Waals surface area contributed by atoms with E-state index in [4.69, 9.17) is 9.84 Å². The van der Waals surface area contributed by atoms with E-state index in [0.717, 1.165) is 11.3 Å². The van der Waals surface area contributed by atoms with Crippen LogP contribution >= 0.6 is 0 Å². The maximum atomic E-state index is 10.8. The second-order valence-corrected chi connectivity index (χ2v) is 4.64. The number of nitrogens with zero attached hydrogens (tertiary/aromatic N) is 1. The van der Waals surface area contributed by atoms with Crippen LogP contribution in [0.1, 0.15) is 19.4 Å². The van der Waals surface area contributed by atoms with E-state index < -0.39 is 5.97 Å². The largest absolute Gasteiger partial charge is 0.490 e. The Hall–Kier alpha value is -1.81. The van der Waals surface area contributed by atoms with Crippen LogP contribution in [-0.4, -0.2) is 35.2 Å². The fourth-order valence-electron chi connectivity index (χ4n) is 1.72.